The first-order valence-electron chi connectivity index (χ1n) is 6.19. The zero-order chi connectivity index (χ0) is 16.5. The summed E-state index contributed by atoms with van der Waals surface area (Å²) in [7, 11) is 1.29. The summed E-state index contributed by atoms with van der Waals surface area (Å²) in [6.45, 7) is -0.272. The number of hydrogen-bond donors (Lipinski definition) is 5. The van der Waals surface area contributed by atoms with Gasteiger partial charge in [-0.1, -0.05) is 11.8 Å². The molecule has 0 saturated heterocycles. The fourth-order valence-electron chi connectivity index (χ4n) is 1.52. The second-order valence-electron chi connectivity index (χ2n) is 4.03. The second kappa shape index (κ2) is 8.41. The zero-order valence-corrected chi connectivity index (χ0v) is 11.7. The van der Waals surface area contributed by atoms with Crippen LogP contribution in [0.5, 0.6) is 0 Å². The summed E-state index contributed by atoms with van der Waals surface area (Å²) < 4.78 is 0. The first-order valence-corrected chi connectivity index (χ1v) is 6.19. The van der Waals surface area contributed by atoms with E-state index in [1.54, 1.807) is 12.1 Å². The number of amides is 3. The molecule has 1 unspecified atom stereocenters. The standard InChI is InChI=1S/C14H15N3O5/c1-15-13(20)11(14(21)17-22)16-12(19)10-6-4-9(5-7-10)3-2-8-18/h4-7,11,18,22H,8H2,1H3,(H,15,20)(H,16,19)(H,17,21). The Kier molecular flexibility index (Phi) is 6.56. The summed E-state index contributed by atoms with van der Waals surface area (Å²) in [5.41, 5.74) is 2.11. The number of nitrogens with one attached hydrogen (secondary N) is 3. The molecule has 1 aromatic rings. The largest absolute Gasteiger partial charge is 0.384 e. The van der Waals surface area contributed by atoms with Gasteiger partial charge in [0.15, 0.2) is 6.04 Å². The normalized spacial score (nSPS) is 10.7. The van der Waals surface area contributed by atoms with Crippen LogP contribution in [0.3, 0.4) is 0 Å². The van der Waals surface area contributed by atoms with Gasteiger partial charge in [-0.3, -0.25) is 19.6 Å². The van der Waals surface area contributed by atoms with E-state index in [1.165, 1.54) is 24.7 Å². The Balaban J connectivity index is 2.86. The summed E-state index contributed by atoms with van der Waals surface area (Å²) >= 11 is 0. The maximum absolute atomic E-state index is 12.0. The molecule has 8 nitrogen and oxygen atoms in total. The highest BCUT2D eigenvalue weighted by molar-refractivity contribution is 6.08. The highest BCUT2D eigenvalue weighted by Gasteiger charge is 2.27. The van der Waals surface area contributed by atoms with Gasteiger partial charge in [0.25, 0.3) is 17.7 Å². The van der Waals surface area contributed by atoms with Crippen molar-refractivity contribution in [2.75, 3.05) is 13.7 Å². The minimum atomic E-state index is -1.56. The molecule has 22 heavy (non-hydrogen) atoms. The van der Waals surface area contributed by atoms with Gasteiger partial charge < -0.3 is 15.7 Å². The molecule has 0 bridgehead atoms. The topological polar surface area (TPSA) is 128 Å². The van der Waals surface area contributed by atoms with Crippen LogP contribution in [0.15, 0.2) is 24.3 Å². The minimum absolute atomic E-state index is 0.203. The van der Waals surface area contributed by atoms with E-state index in [2.05, 4.69) is 22.5 Å². The van der Waals surface area contributed by atoms with Crippen LogP contribution in [0.4, 0.5) is 0 Å². The van der Waals surface area contributed by atoms with Crippen molar-refractivity contribution in [3.05, 3.63) is 35.4 Å². The molecular formula is C14H15N3O5. The molecule has 0 aliphatic heterocycles. The van der Waals surface area contributed by atoms with Crippen molar-refractivity contribution < 1.29 is 24.7 Å². The molecule has 0 aromatic heterocycles. The summed E-state index contributed by atoms with van der Waals surface area (Å²) in [5.74, 6) is 2.63. The third kappa shape index (κ3) is 4.59. The minimum Gasteiger partial charge on any atom is -0.384 e. The van der Waals surface area contributed by atoms with E-state index in [-0.39, 0.29) is 12.2 Å². The molecule has 0 aliphatic rings. The number of likely N-dealkylation sites (N-methyl/N-ethyl adjacent to an activating group) is 1. The number of hydroxylamine groups is 1. The fraction of sp³-hybridized carbons (Fsp3) is 0.214. The van der Waals surface area contributed by atoms with Crippen molar-refractivity contribution in [2.24, 2.45) is 0 Å². The van der Waals surface area contributed by atoms with Crippen LogP contribution in [0.2, 0.25) is 0 Å². The quantitative estimate of drug-likeness (QED) is 0.198. The number of aliphatic hydroxyl groups is 1. The number of hydrogen-bond acceptors (Lipinski definition) is 5. The molecule has 1 atom stereocenters. The molecule has 0 heterocycles. The Bertz CT molecular complexity index is 600. The lowest BCUT2D eigenvalue weighted by Crippen LogP contribution is -2.54. The summed E-state index contributed by atoms with van der Waals surface area (Å²) in [4.78, 5) is 34.9. The molecule has 5 N–H and O–H groups in total. The molecule has 0 spiro atoms. The number of benzene rings is 1. The van der Waals surface area contributed by atoms with Crippen LogP contribution >= 0.6 is 0 Å². The first kappa shape index (κ1) is 17.2. The highest BCUT2D eigenvalue weighted by atomic mass is 16.5. The Morgan fingerprint density at radius 1 is 1.18 bits per heavy atom. The van der Waals surface area contributed by atoms with E-state index in [9.17, 15) is 14.4 Å². The zero-order valence-electron chi connectivity index (χ0n) is 11.7. The molecule has 8 heteroatoms. The lowest BCUT2D eigenvalue weighted by Gasteiger charge is -2.15. The van der Waals surface area contributed by atoms with Crippen LogP contribution < -0.4 is 16.1 Å². The van der Waals surface area contributed by atoms with Crippen LogP contribution in [0.1, 0.15) is 15.9 Å². The number of carbonyl (C=O) groups excluding carboxylic acids is 3. The molecule has 116 valence electrons. The van der Waals surface area contributed by atoms with Crippen molar-refractivity contribution in [1.82, 2.24) is 16.1 Å². The van der Waals surface area contributed by atoms with Crippen molar-refractivity contribution in [3.8, 4) is 11.8 Å². The SMILES string of the molecule is CNC(=O)C(NC(=O)c1ccc(C#CCO)cc1)C(=O)NO. The number of carbonyl (C=O) groups is 3. The Labute approximate surface area is 126 Å². The van der Waals surface area contributed by atoms with Gasteiger partial charge in [0.05, 0.1) is 0 Å². The molecule has 0 aliphatic carbocycles. The van der Waals surface area contributed by atoms with E-state index in [4.69, 9.17) is 10.3 Å². The van der Waals surface area contributed by atoms with E-state index in [1.807, 2.05) is 0 Å². The van der Waals surface area contributed by atoms with Gasteiger partial charge in [0, 0.05) is 18.2 Å². The molecule has 3 amide bonds. The molecule has 1 aromatic carbocycles. The molecular weight excluding hydrogens is 290 g/mol. The summed E-state index contributed by atoms with van der Waals surface area (Å²) in [6, 6.07) is 4.46. The van der Waals surface area contributed by atoms with Gasteiger partial charge in [-0.2, -0.15) is 0 Å². The Morgan fingerprint density at radius 3 is 2.32 bits per heavy atom. The molecule has 0 radical (unpaired) electrons. The van der Waals surface area contributed by atoms with Gasteiger partial charge in [0.1, 0.15) is 6.61 Å². The predicted octanol–water partition coefficient (Wildman–Crippen LogP) is -1.62. The van der Waals surface area contributed by atoms with E-state index >= 15 is 0 Å². The predicted molar refractivity (Wildman–Crippen MR) is 75.7 cm³/mol. The van der Waals surface area contributed by atoms with Gasteiger partial charge >= 0.3 is 0 Å². The number of rotatable bonds is 4. The van der Waals surface area contributed by atoms with Crippen LogP contribution in [-0.2, 0) is 9.59 Å². The third-order valence-corrected chi connectivity index (χ3v) is 2.62. The second-order valence-corrected chi connectivity index (χ2v) is 4.03. The van der Waals surface area contributed by atoms with Crippen LogP contribution in [0, 0.1) is 11.8 Å². The maximum Gasteiger partial charge on any atom is 0.275 e. The van der Waals surface area contributed by atoms with Gasteiger partial charge in [-0.05, 0) is 24.3 Å². The van der Waals surface area contributed by atoms with Crippen molar-refractivity contribution in [1.29, 1.82) is 0 Å². The van der Waals surface area contributed by atoms with Gasteiger partial charge in [-0.25, -0.2) is 5.48 Å². The van der Waals surface area contributed by atoms with Crippen molar-refractivity contribution in [2.45, 2.75) is 6.04 Å². The maximum atomic E-state index is 12.0. The smallest absolute Gasteiger partial charge is 0.275 e. The van der Waals surface area contributed by atoms with Crippen LogP contribution in [0.25, 0.3) is 0 Å². The molecule has 0 fully saturated rings. The summed E-state index contributed by atoms with van der Waals surface area (Å²) in [5, 5.41) is 21.6. The average Bonchev–Trinajstić information content (AvgIpc) is 2.56. The lowest BCUT2D eigenvalue weighted by molar-refractivity contribution is -0.137. The van der Waals surface area contributed by atoms with Crippen molar-refractivity contribution in [3.63, 3.8) is 0 Å². The molecule has 1 rings (SSSR count). The van der Waals surface area contributed by atoms with Gasteiger partial charge in [0.2, 0.25) is 0 Å². The van der Waals surface area contributed by atoms with E-state index in [0.717, 1.165) is 0 Å². The first-order chi connectivity index (χ1) is 10.5. The fourth-order valence-corrected chi connectivity index (χ4v) is 1.52. The number of aliphatic hydroxyl groups excluding tert-OH is 1. The molecule has 0 saturated carbocycles. The van der Waals surface area contributed by atoms with Crippen LogP contribution in [-0.4, -0.2) is 47.7 Å². The van der Waals surface area contributed by atoms with Crippen molar-refractivity contribution >= 4 is 17.7 Å². The average molecular weight is 305 g/mol. The Hall–Kier alpha value is -2.89. The van der Waals surface area contributed by atoms with E-state index in [0.29, 0.717) is 5.56 Å². The summed E-state index contributed by atoms with van der Waals surface area (Å²) in [6.07, 6.45) is 0. The Morgan fingerprint density at radius 2 is 1.82 bits per heavy atom. The van der Waals surface area contributed by atoms with Gasteiger partial charge in [-0.15, -0.1) is 0 Å². The third-order valence-electron chi connectivity index (χ3n) is 2.62. The monoisotopic (exact) mass is 305 g/mol. The van der Waals surface area contributed by atoms with E-state index < -0.39 is 23.8 Å². The highest BCUT2D eigenvalue weighted by Crippen LogP contribution is 2.04. The lowest BCUT2D eigenvalue weighted by atomic mass is 10.1.